The second-order valence-electron chi connectivity index (χ2n) is 5.05. The first-order valence-electron chi connectivity index (χ1n) is 6.71. The third-order valence-corrected chi connectivity index (χ3v) is 3.91. The quantitative estimate of drug-likeness (QED) is 0.808. The maximum atomic E-state index is 6.39. The van der Waals surface area contributed by atoms with Gasteiger partial charge in [0.1, 0.15) is 5.75 Å². The van der Waals surface area contributed by atoms with Crippen molar-refractivity contribution in [3.05, 3.63) is 29.8 Å². The van der Waals surface area contributed by atoms with Gasteiger partial charge in [0.25, 0.3) is 0 Å². The van der Waals surface area contributed by atoms with Crippen molar-refractivity contribution < 1.29 is 4.74 Å². The molecule has 0 amide bonds. The van der Waals surface area contributed by atoms with Crippen molar-refractivity contribution in [1.82, 2.24) is 0 Å². The fourth-order valence-corrected chi connectivity index (χ4v) is 2.77. The molecular weight excluding hydrogens is 210 g/mol. The van der Waals surface area contributed by atoms with E-state index in [4.69, 9.17) is 10.5 Å². The van der Waals surface area contributed by atoms with E-state index in [-0.39, 0.29) is 6.04 Å². The van der Waals surface area contributed by atoms with E-state index in [9.17, 15) is 0 Å². The molecule has 0 radical (unpaired) electrons. The monoisotopic (exact) mass is 233 g/mol. The van der Waals surface area contributed by atoms with E-state index in [0.717, 1.165) is 5.75 Å². The van der Waals surface area contributed by atoms with Gasteiger partial charge in [-0.15, -0.1) is 0 Å². The molecule has 1 aliphatic rings. The maximum Gasteiger partial charge on any atom is 0.118 e. The lowest BCUT2D eigenvalue weighted by Crippen LogP contribution is -2.21. The Morgan fingerprint density at radius 1 is 1.06 bits per heavy atom. The Morgan fingerprint density at radius 3 is 2.18 bits per heavy atom. The summed E-state index contributed by atoms with van der Waals surface area (Å²) in [4.78, 5) is 0. The Hall–Kier alpha value is -1.02. The van der Waals surface area contributed by atoms with Crippen LogP contribution in [0.5, 0.6) is 5.75 Å². The molecule has 1 fully saturated rings. The van der Waals surface area contributed by atoms with Gasteiger partial charge in [-0.05, 0) is 36.5 Å². The van der Waals surface area contributed by atoms with Gasteiger partial charge in [-0.1, -0.05) is 37.8 Å². The van der Waals surface area contributed by atoms with Gasteiger partial charge < -0.3 is 10.5 Å². The van der Waals surface area contributed by atoms with E-state index < -0.39 is 0 Å². The Kier molecular flexibility index (Phi) is 4.43. The molecule has 1 unspecified atom stereocenters. The topological polar surface area (TPSA) is 35.2 Å². The van der Waals surface area contributed by atoms with Crippen molar-refractivity contribution in [2.45, 2.75) is 44.6 Å². The van der Waals surface area contributed by atoms with Gasteiger partial charge in [-0.25, -0.2) is 0 Å². The van der Waals surface area contributed by atoms with Crippen LogP contribution >= 0.6 is 0 Å². The van der Waals surface area contributed by atoms with Crippen LogP contribution in [0.15, 0.2) is 24.3 Å². The number of hydrogen-bond acceptors (Lipinski definition) is 2. The molecule has 1 saturated carbocycles. The van der Waals surface area contributed by atoms with Gasteiger partial charge in [0.15, 0.2) is 0 Å². The van der Waals surface area contributed by atoms with Crippen molar-refractivity contribution >= 4 is 0 Å². The Morgan fingerprint density at radius 2 is 1.65 bits per heavy atom. The highest BCUT2D eigenvalue weighted by atomic mass is 16.5. The molecule has 2 rings (SSSR count). The lowest BCUT2D eigenvalue weighted by molar-refractivity contribution is 0.381. The van der Waals surface area contributed by atoms with Crippen LogP contribution in [-0.4, -0.2) is 7.11 Å². The Bertz CT molecular complexity index is 325. The van der Waals surface area contributed by atoms with E-state index in [1.165, 1.54) is 44.1 Å². The smallest absolute Gasteiger partial charge is 0.118 e. The van der Waals surface area contributed by atoms with Crippen LogP contribution < -0.4 is 10.5 Å². The molecule has 0 saturated heterocycles. The van der Waals surface area contributed by atoms with Crippen LogP contribution in [0.3, 0.4) is 0 Å². The largest absolute Gasteiger partial charge is 0.497 e. The van der Waals surface area contributed by atoms with E-state index in [1.807, 2.05) is 12.1 Å². The number of benzene rings is 1. The molecule has 1 atom stereocenters. The number of ether oxygens (including phenoxy) is 1. The predicted molar refractivity (Wildman–Crippen MR) is 71.1 cm³/mol. The first-order chi connectivity index (χ1) is 8.31. The third kappa shape index (κ3) is 3.22. The zero-order chi connectivity index (χ0) is 12.1. The molecule has 2 nitrogen and oxygen atoms in total. The molecule has 0 heterocycles. The normalized spacial score (nSPS) is 19.6. The summed E-state index contributed by atoms with van der Waals surface area (Å²) in [6.07, 6.45) is 8.01. The summed E-state index contributed by atoms with van der Waals surface area (Å²) < 4.78 is 5.17. The summed E-state index contributed by atoms with van der Waals surface area (Å²) in [5, 5.41) is 0. The van der Waals surface area contributed by atoms with Gasteiger partial charge in [0.05, 0.1) is 7.11 Å². The minimum Gasteiger partial charge on any atom is -0.497 e. The van der Waals surface area contributed by atoms with E-state index in [1.54, 1.807) is 7.11 Å². The molecule has 1 aromatic rings. The van der Waals surface area contributed by atoms with Crippen molar-refractivity contribution in [3.8, 4) is 5.75 Å². The lowest BCUT2D eigenvalue weighted by Gasteiger charge is -2.22. The second-order valence-corrected chi connectivity index (χ2v) is 5.05. The lowest BCUT2D eigenvalue weighted by atomic mass is 9.88. The van der Waals surface area contributed by atoms with Gasteiger partial charge in [-0.2, -0.15) is 0 Å². The standard InChI is InChI=1S/C15H23NO/c1-17-14-10-8-13(9-11-14)15(16)12-6-4-2-3-5-7-12/h8-12,15H,2-7,16H2,1H3. The Labute approximate surface area is 104 Å². The Balaban J connectivity index is 2.03. The fourth-order valence-electron chi connectivity index (χ4n) is 2.77. The highest BCUT2D eigenvalue weighted by Gasteiger charge is 2.20. The molecule has 0 aromatic heterocycles. The number of nitrogens with two attached hydrogens (primary N) is 1. The summed E-state index contributed by atoms with van der Waals surface area (Å²) in [5.41, 5.74) is 7.64. The highest BCUT2D eigenvalue weighted by Crippen LogP contribution is 2.32. The molecule has 0 aliphatic heterocycles. The summed E-state index contributed by atoms with van der Waals surface area (Å²) in [6, 6.07) is 8.42. The van der Waals surface area contributed by atoms with Gasteiger partial charge in [-0.3, -0.25) is 0 Å². The first kappa shape index (κ1) is 12.4. The minimum absolute atomic E-state index is 0.194. The SMILES string of the molecule is COc1ccc(C(N)C2CCCCCC2)cc1. The summed E-state index contributed by atoms with van der Waals surface area (Å²) in [5.74, 6) is 1.56. The maximum absolute atomic E-state index is 6.39. The molecule has 1 aromatic carbocycles. The first-order valence-corrected chi connectivity index (χ1v) is 6.71. The molecule has 2 N–H and O–H groups in total. The number of methoxy groups -OCH3 is 1. The molecule has 0 bridgehead atoms. The van der Waals surface area contributed by atoms with Crippen LogP contribution in [0.25, 0.3) is 0 Å². The van der Waals surface area contributed by atoms with Crippen molar-refractivity contribution in [1.29, 1.82) is 0 Å². The van der Waals surface area contributed by atoms with Crippen LogP contribution in [-0.2, 0) is 0 Å². The predicted octanol–water partition coefficient (Wildman–Crippen LogP) is 3.67. The van der Waals surface area contributed by atoms with E-state index in [0.29, 0.717) is 5.92 Å². The van der Waals surface area contributed by atoms with Crippen LogP contribution in [0.1, 0.15) is 50.1 Å². The molecule has 0 spiro atoms. The van der Waals surface area contributed by atoms with Gasteiger partial charge in [0.2, 0.25) is 0 Å². The zero-order valence-electron chi connectivity index (χ0n) is 10.7. The third-order valence-electron chi connectivity index (χ3n) is 3.91. The molecule has 94 valence electrons. The van der Waals surface area contributed by atoms with Crippen molar-refractivity contribution in [2.24, 2.45) is 11.7 Å². The molecule has 17 heavy (non-hydrogen) atoms. The fraction of sp³-hybridized carbons (Fsp3) is 0.600. The average Bonchev–Trinajstić information content (AvgIpc) is 2.67. The molecule has 2 heteroatoms. The average molecular weight is 233 g/mol. The minimum atomic E-state index is 0.194. The van der Waals surface area contributed by atoms with Crippen molar-refractivity contribution in [3.63, 3.8) is 0 Å². The molecular formula is C15H23NO. The second kappa shape index (κ2) is 6.06. The molecule has 1 aliphatic carbocycles. The van der Waals surface area contributed by atoms with Crippen LogP contribution in [0.2, 0.25) is 0 Å². The highest BCUT2D eigenvalue weighted by molar-refractivity contribution is 5.29. The number of hydrogen-bond donors (Lipinski definition) is 1. The summed E-state index contributed by atoms with van der Waals surface area (Å²) in [7, 11) is 1.69. The van der Waals surface area contributed by atoms with Crippen LogP contribution in [0, 0.1) is 5.92 Å². The van der Waals surface area contributed by atoms with E-state index in [2.05, 4.69) is 12.1 Å². The number of rotatable bonds is 3. The van der Waals surface area contributed by atoms with E-state index >= 15 is 0 Å². The zero-order valence-corrected chi connectivity index (χ0v) is 10.7. The van der Waals surface area contributed by atoms with Gasteiger partial charge >= 0.3 is 0 Å². The van der Waals surface area contributed by atoms with Gasteiger partial charge in [0, 0.05) is 6.04 Å². The van der Waals surface area contributed by atoms with Crippen molar-refractivity contribution in [2.75, 3.05) is 7.11 Å². The summed E-state index contributed by atoms with van der Waals surface area (Å²) >= 11 is 0. The van der Waals surface area contributed by atoms with Crippen LogP contribution in [0.4, 0.5) is 0 Å². The summed E-state index contributed by atoms with van der Waals surface area (Å²) in [6.45, 7) is 0.